The molecule has 0 unspecified atom stereocenters. The summed E-state index contributed by atoms with van der Waals surface area (Å²) in [6, 6.07) is 7.01. The molecule has 0 bridgehead atoms. The minimum atomic E-state index is -0.767. The summed E-state index contributed by atoms with van der Waals surface area (Å²) < 4.78 is 12.1. The van der Waals surface area contributed by atoms with E-state index in [2.05, 4.69) is 16.4 Å². The Balaban J connectivity index is 1.72. The van der Waals surface area contributed by atoms with E-state index in [4.69, 9.17) is 9.15 Å². The number of anilines is 1. The molecule has 2 N–H and O–H groups in total. The summed E-state index contributed by atoms with van der Waals surface area (Å²) in [6.07, 6.45) is 2.94. The zero-order chi connectivity index (χ0) is 21.8. The van der Waals surface area contributed by atoms with Gasteiger partial charge in [0.05, 0.1) is 18.4 Å². The smallest absolute Gasteiger partial charge is 0.355 e. The number of carbonyl (C=O) groups is 3. The maximum absolute atomic E-state index is 12.4. The van der Waals surface area contributed by atoms with Crippen LogP contribution in [0.1, 0.15) is 50.4 Å². The van der Waals surface area contributed by atoms with E-state index in [1.54, 1.807) is 29.9 Å². The van der Waals surface area contributed by atoms with E-state index >= 15 is 0 Å². The van der Waals surface area contributed by atoms with Crippen molar-refractivity contribution >= 4 is 23.5 Å². The Labute approximate surface area is 172 Å². The number of aromatic amines is 1. The average molecular weight is 408 g/mol. The maximum atomic E-state index is 12.4. The number of furan rings is 1. The van der Waals surface area contributed by atoms with Crippen molar-refractivity contribution in [2.24, 2.45) is 0 Å². The van der Waals surface area contributed by atoms with E-state index in [1.165, 1.54) is 19.2 Å². The van der Waals surface area contributed by atoms with Crippen LogP contribution in [-0.2, 0) is 16.1 Å². The summed E-state index contributed by atoms with van der Waals surface area (Å²) in [5, 5.41) is 12.2. The van der Waals surface area contributed by atoms with E-state index in [-0.39, 0.29) is 11.5 Å². The Hall–Kier alpha value is -4.06. The number of H-pyrrole nitrogens is 1. The van der Waals surface area contributed by atoms with Crippen LogP contribution in [0, 0.1) is 25.2 Å². The van der Waals surface area contributed by atoms with Gasteiger partial charge in [-0.25, -0.2) is 4.79 Å². The molecule has 0 atom stereocenters. The van der Waals surface area contributed by atoms with Crippen LogP contribution in [0.15, 0.2) is 35.1 Å². The summed E-state index contributed by atoms with van der Waals surface area (Å²) in [5.74, 6) is -0.598. The molecule has 9 heteroatoms. The molecule has 154 valence electrons. The highest BCUT2D eigenvalue weighted by molar-refractivity contribution is 5.98. The van der Waals surface area contributed by atoms with Crippen LogP contribution in [0.2, 0.25) is 0 Å². The number of ether oxygens (including phenoxy) is 1. The lowest BCUT2D eigenvalue weighted by atomic mass is 10.2. The number of rotatable bonds is 7. The fourth-order valence-electron chi connectivity index (χ4n) is 2.98. The molecule has 0 fully saturated rings. The summed E-state index contributed by atoms with van der Waals surface area (Å²) in [4.78, 5) is 38.4. The first-order valence-electron chi connectivity index (χ1n) is 9.10. The van der Waals surface area contributed by atoms with Crippen molar-refractivity contribution in [1.29, 1.82) is 5.26 Å². The third kappa shape index (κ3) is 4.17. The van der Waals surface area contributed by atoms with Gasteiger partial charge in [-0.1, -0.05) is 0 Å². The summed E-state index contributed by atoms with van der Waals surface area (Å²) in [7, 11) is 0. The zero-order valence-corrected chi connectivity index (χ0v) is 16.7. The van der Waals surface area contributed by atoms with Crippen LogP contribution in [0.25, 0.3) is 0 Å². The number of aromatic nitrogens is 2. The second kappa shape index (κ2) is 8.53. The van der Waals surface area contributed by atoms with Crippen LogP contribution in [0.3, 0.4) is 0 Å². The number of hydrogen-bond acceptors (Lipinski definition) is 6. The molecule has 9 nitrogen and oxygen atoms in total. The normalized spacial score (nSPS) is 10.5. The highest BCUT2D eigenvalue weighted by atomic mass is 16.5. The Kier molecular flexibility index (Phi) is 5.88. The molecule has 0 saturated heterocycles. The summed E-state index contributed by atoms with van der Waals surface area (Å²) in [5.41, 5.74) is 2.28. The summed E-state index contributed by atoms with van der Waals surface area (Å²) >= 11 is 0. The quantitative estimate of drug-likeness (QED) is 0.457. The van der Waals surface area contributed by atoms with Crippen molar-refractivity contribution in [3.05, 3.63) is 64.5 Å². The maximum Gasteiger partial charge on any atom is 0.355 e. The van der Waals surface area contributed by atoms with Gasteiger partial charge in [-0.05, 0) is 44.5 Å². The molecule has 1 amide bonds. The molecule has 0 aliphatic rings. The Morgan fingerprint density at radius 2 is 2.10 bits per heavy atom. The van der Waals surface area contributed by atoms with Gasteiger partial charge in [0.2, 0.25) is 0 Å². The average Bonchev–Trinajstić information content (AvgIpc) is 3.44. The first-order valence-corrected chi connectivity index (χ1v) is 9.10. The van der Waals surface area contributed by atoms with Gasteiger partial charge in [-0.3, -0.25) is 9.59 Å². The van der Waals surface area contributed by atoms with E-state index in [9.17, 15) is 19.6 Å². The molecule has 3 aromatic heterocycles. The molecule has 0 aliphatic carbocycles. The van der Waals surface area contributed by atoms with E-state index in [0.29, 0.717) is 29.2 Å². The summed E-state index contributed by atoms with van der Waals surface area (Å²) in [6.45, 7) is 4.78. The van der Waals surface area contributed by atoms with E-state index < -0.39 is 18.5 Å². The molecule has 0 saturated carbocycles. The van der Waals surface area contributed by atoms with Crippen LogP contribution in [0.5, 0.6) is 0 Å². The minimum absolute atomic E-state index is 0.0681. The van der Waals surface area contributed by atoms with Crippen molar-refractivity contribution < 1.29 is 23.5 Å². The first kappa shape index (κ1) is 20.7. The number of hydrogen-bond donors (Lipinski definition) is 2. The highest BCUT2D eigenvalue weighted by Crippen LogP contribution is 2.27. The zero-order valence-electron chi connectivity index (χ0n) is 16.7. The molecule has 0 aromatic carbocycles. The molecule has 3 rings (SSSR count). The van der Waals surface area contributed by atoms with Crippen LogP contribution < -0.4 is 5.32 Å². The molecular weight excluding hydrogens is 388 g/mol. The molecule has 3 heterocycles. The van der Waals surface area contributed by atoms with Crippen LogP contribution in [-0.4, -0.2) is 33.8 Å². The minimum Gasteiger partial charge on any atom is -0.467 e. The third-order valence-corrected chi connectivity index (χ3v) is 4.74. The second-order valence-electron chi connectivity index (χ2n) is 6.69. The van der Waals surface area contributed by atoms with Gasteiger partial charge < -0.3 is 24.0 Å². The van der Waals surface area contributed by atoms with Gasteiger partial charge >= 0.3 is 5.97 Å². The second-order valence-corrected chi connectivity index (χ2v) is 6.69. The predicted octanol–water partition coefficient (Wildman–Crippen LogP) is 2.94. The predicted molar refractivity (Wildman–Crippen MR) is 106 cm³/mol. The molecule has 0 radical (unpaired) electrons. The van der Waals surface area contributed by atoms with Crippen molar-refractivity contribution in [2.75, 3.05) is 11.9 Å². The van der Waals surface area contributed by atoms with Gasteiger partial charge in [0.15, 0.2) is 12.4 Å². The first-order chi connectivity index (χ1) is 14.3. The number of nitrogens with zero attached hydrogens (tertiary/aromatic N) is 2. The van der Waals surface area contributed by atoms with Gasteiger partial charge in [0, 0.05) is 17.5 Å². The Morgan fingerprint density at radius 1 is 1.33 bits per heavy atom. The standard InChI is InChI=1S/C21H20N4O5/c1-12-13(2)25(10-16-5-4-6-29-16)20(17(12)8-22)24-19(27)11-30-21(28)18-7-15(9-23-18)14(3)26/h4-7,9,23H,10-11H2,1-3H3,(H,24,27). The lowest BCUT2D eigenvalue weighted by Crippen LogP contribution is -2.23. The fraction of sp³-hybridized carbons (Fsp3) is 0.238. The van der Waals surface area contributed by atoms with Gasteiger partial charge in [0.1, 0.15) is 23.3 Å². The molecule has 0 spiro atoms. The number of carbonyl (C=O) groups excluding carboxylic acids is 3. The SMILES string of the molecule is CC(=O)c1c[nH]c(C(=O)OCC(=O)Nc2c(C#N)c(C)c(C)n2Cc2ccco2)c1. The lowest BCUT2D eigenvalue weighted by molar-refractivity contribution is -0.119. The van der Waals surface area contributed by atoms with Crippen molar-refractivity contribution in [1.82, 2.24) is 9.55 Å². The van der Waals surface area contributed by atoms with Gasteiger partial charge in [-0.2, -0.15) is 5.26 Å². The number of amides is 1. The number of nitriles is 1. The molecule has 30 heavy (non-hydrogen) atoms. The van der Waals surface area contributed by atoms with Crippen LogP contribution >= 0.6 is 0 Å². The van der Waals surface area contributed by atoms with Crippen molar-refractivity contribution in [3.8, 4) is 6.07 Å². The molecule has 3 aromatic rings. The monoisotopic (exact) mass is 408 g/mol. The molecular formula is C21H20N4O5. The molecule has 0 aliphatic heterocycles. The van der Waals surface area contributed by atoms with Gasteiger partial charge in [-0.15, -0.1) is 0 Å². The largest absolute Gasteiger partial charge is 0.467 e. The number of nitrogens with one attached hydrogen (secondary N) is 2. The van der Waals surface area contributed by atoms with Gasteiger partial charge in [0.25, 0.3) is 5.91 Å². The third-order valence-electron chi connectivity index (χ3n) is 4.74. The fourth-order valence-corrected chi connectivity index (χ4v) is 2.98. The van der Waals surface area contributed by atoms with Crippen molar-refractivity contribution in [3.63, 3.8) is 0 Å². The van der Waals surface area contributed by atoms with Crippen LogP contribution in [0.4, 0.5) is 5.82 Å². The number of ketones is 1. The lowest BCUT2D eigenvalue weighted by Gasteiger charge is -2.12. The number of esters is 1. The van der Waals surface area contributed by atoms with E-state index in [1.807, 2.05) is 6.92 Å². The topological polar surface area (TPSA) is 130 Å². The Morgan fingerprint density at radius 3 is 2.70 bits per heavy atom. The van der Waals surface area contributed by atoms with Crippen molar-refractivity contribution in [2.45, 2.75) is 27.3 Å². The van der Waals surface area contributed by atoms with E-state index in [0.717, 1.165) is 11.3 Å². The highest BCUT2D eigenvalue weighted by Gasteiger charge is 2.21. The Bertz CT molecular complexity index is 1150. The number of Topliss-reactive ketones (excluding diaryl/α,β-unsaturated/α-hetero) is 1.